The minimum atomic E-state index is 0.00852. The Balaban J connectivity index is 1.67. The van der Waals surface area contributed by atoms with Crippen molar-refractivity contribution >= 4 is 11.7 Å². The van der Waals surface area contributed by atoms with Crippen molar-refractivity contribution in [1.82, 2.24) is 20.0 Å². The van der Waals surface area contributed by atoms with Gasteiger partial charge in [0.25, 0.3) is 5.91 Å². The zero-order valence-corrected chi connectivity index (χ0v) is 10.6. The van der Waals surface area contributed by atoms with Crippen LogP contribution >= 0.6 is 0 Å². The number of carbonyl (C=O) groups is 1. The van der Waals surface area contributed by atoms with E-state index in [1.54, 1.807) is 0 Å². The van der Waals surface area contributed by atoms with Crippen molar-refractivity contribution in [2.45, 2.75) is 25.8 Å². The number of rotatable bonds is 2. The molecule has 2 aliphatic rings. The quantitative estimate of drug-likeness (QED) is 0.786. The van der Waals surface area contributed by atoms with Gasteiger partial charge in [-0.2, -0.15) is 5.10 Å². The molecule has 1 aliphatic heterocycles. The molecule has 18 heavy (non-hydrogen) atoms. The van der Waals surface area contributed by atoms with E-state index < -0.39 is 0 Å². The molecule has 2 heterocycles. The summed E-state index contributed by atoms with van der Waals surface area (Å²) in [4.78, 5) is 16.7. The van der Waals surface area contributed by atoms with E-state index in [2.05, 4.69) is 15.1 Å². The average Bonchev–Trinajstić information content (AvgIpc) is 3.16. The molecule has 0 spiro atoms. The topological polar surface area (TPSA) is 78.2 Å². The minimum absolute atomic E-state index is 0.00852. The molecule has 0 unspecified atom stereocenters. The third kappa shape index (κ3) is 1.96. The number of aromatic amines is 1. The van der Waals surface area contributed by atoms with E-state index in [1.807, 2.05) is 11.8 Å². The molecular formula is C12H19N5O. The first-order valence-corrected chi connectivity index (χ1v) is 6.50. The zero-order chi connectivity index (χ0) is 12.7. The normalized spacial score (nSPS) is 21.3. The Morgan fingerprint density at radius 1 is 1.33 bits per heavy atom. The third-order valence-corrected chi connectivity index (χ3v) is 3.85. The molecular weight excluding hydrogens is 230 g/mol. The number of anilines is 1. The van der Waals surface area contributed by atoms with Gasteiger partial charge in [0.05, 0.1) is 0 Å². The molecule has 1 amide bonds. The molecule has 1 aromatic rings. The fourth-order valence-electron chi connectivity index (χ4n) is 2.61. The first-order valence-electron chi connectivity index (χ1n) is 6.50. The van der Waals surface area contributed by atoms with Crippen molar-refractivity contribution in [1.29, 1.82) is 0 Å². The summed E-state index contributed by atoms with van der Waals surface area (Å²) in [6.07, 6.45) is 2.64. The molecule has 1 aromatic heterocycles. The van der Waals surface area contributed by atoms with E-state index in [4.69, 9.17) is 5.73 Å². The van der Waals surface area contributed by atoms with Crippen LogP contribution in [0.5, 0.6) is 0 Å². The number of amides is 1. The van der Waals surface area contributed by atoms with Gasteiger partial charge < -0.3 is 10.6 Å². The minimum Gasteiger partial charge on any atom is -0.382 e. The third-order valence-electron chi connectivity index (χ3n) is 3.85. The van der Waals surface area contributed by atoms with Crippen LogP contribution in [0, 0.1) is 6.92 Å². The number of nitrogen functional groups attached to an aromatic ring is 1. The lowest BCUT2D eigenvalue weighted by Crippen LogP contribution is -2.49. The van der Waals surface area contributed by atoms with Crippen molar-refractivity contribution in [3.8, 4) is 0 Å². The van der Waals surface area contributed by atoms with E-state index >= 15 is 0 Å². The van der Waals surface area contributed by atoms with Crippen molar-refractivity contribution in [3.63, 3.8) is 0 Å². The zero-order valence-electron chi connectivity index (χ0n) is 10.6. The van der Waals surface area contributed by atoms with Crippen LogP contribution in [-0.2, 0) is 0 Å². The SMILES string of the molecule is Cc1[nH]nc(N)c1C(=O)N1CCN(C2CC2)CC1. The van der Waals surface area contributed by atoms with Gasteiger partial charge in [0, 0.05) is 37.9 Å². The highest BCUT2D eigenvalue weighted by molar-refractivity contribution is 5.99. The number of nitrogens with one attached hydrogen (secondary N) is 1. The Hall–Kier alpha value is -1.56. The first-order chi connectivity index (χ1) is 8.66. The molecule has 98 valence electrons. The number of hydrogen-bond acceptors (Lipinski definition) is 4. The van der Waals surface area contributed by atoms with Crippen LogP contribution in [0.2, 0.25) is 0 Å². The number of piperazine rings is 1. The number of aromatic nitrogens is 2. The highest BCUT2D eigenvalue weighted by Crippen LogP contribution is 2.28. The average molecular weight is 249 g/mol. The molecule has 0 radical (unpaired) electrons. The van der Waals surface area contributed by atoms with Crippen LogP contribution in [-0.4, -0.2) is 58.1 Å². The maximum atomic E-state index is 12.4. The first kappa shape index (κ1) is 11.5. The van der Waals surface area contributed by atoms with Gasteiger partial charge in [-0.3, -0.25) is 14.8 Å². The smallest absolute Gasteiger partial charge is 0.259 e. The summed E-state index contributed by atoms with van der Waals surface area (Å²) in [5, 5.41) is 6.64. The Bertz CT molecular complexity index is 438. The maximum absolute atomic E-state index is 12.4. The lowest BCUT2D eigenvalue weighted by Gasteiger charge is -2.34. The lowest BCUT2D eigenvalue weighted by molar-refractivity contribution is 0.0627. The van der Waals surface area contributed by atoms with Crippen molar-refractivity contribution in [2.24, 2.45) is 0 Å². The molecule has 1 saturated carbocycles. The van der Waals surface area contributed by atoms with E-state index in [9.17, 15) is 4.79 Å². The summed E-state index contributed by atoms with van der Waals surface area (Å²) < 4.78 is 0. The molecule has 0 aromatic carbocycles. The number of aryl methyl sites for hydroxylation is 1. The van der Waals surface area contributed by atoms with Crippen LogP contribution in [0.15, 0.2) is 0 Å². The monoisotopic (exact) mass is 249 g/mol. The number of nitrogens with zero attached hydrogens (tertiary/aromatic N) is 3. The molecule has 3 rings (SSSR count). The van der Waals surface area contributed by atoms with Crippen molar-refractivity contribution < 1.29 is 4.79 Å². The van der Waals surface area contributed by atoms with Crippen LogP contribution < -0.4 is 5.73 Å². The Labute approximate surface area is 106 Å². The molecule has 6 heteroatoms. The molecule has 0 atom stereocenters. The van der Waals surface area contributed by atoms with Gasteiger partial charge in [-0.05, 0) is 19.8 Å². The van der Waals surface area contributed by atoms with Gasteiger partial charge in [0.15, 0.2) is 5.82 Å². The second-order valence-electron chi connectivity index (χ2n) is 5.17. The Kier molecular flexibility index (Phi) is 2.74. The fraction of sp³-hybridized carbons (Fsp3) is 0.667. The van der Waals surface area contributed by atoms with Gasteiger partial charge in [-0.15, -0.1) is 0 Å². The van der Waals surface area contributed by atoms with Crippen LogP contribution in [0.25, 0.3) is 0 Å². The van der Waals surface area contributed by atoms with Crippen molar-refractivity contribution in [2.75, 3.05) is 31.9 Å². The summed E-state index contributed by atoms with van der Waals surface area (Å²) in [5.41, 5.74) is 7.02. The fourth-order valence-corrected chi connectivity index (χ4v) is 2.61. The van der Waals surface area contributed by atoms with Gasteiger partial charge in [0.1, 0.15) is 5.56 Å². The van der Waals surface area contributed by atoms with Gasteiger partial charge in [0.2, 0.25) is 0 Å². The Morgan fingerprint density at radius 3 is 2.50 bits per heavy atom. The van der Waals surface area contributed by atoms with Crippen LogP contribution in [0.3, 0.4) is 0 Å². The molecule has 0 bridgehead atoms. The standard InChI is InChI=1S/C12H19N5O/c1-8-10(11(13)15-14-8)12(18)17-6-4-16(5-7-17)9-2-3-9/h9H,2-7H2,1H3,(H3,13,14,15). The highest BCUT2D eigenvalue weighted by Gasteiger charge is 2.33. The van der Waals surface area contributed by atoms with E-state index in [1.165, 1.54) is 12.8 Å². The summed E-state index contributed by atoms with van der Waals surface area (Å²) >= 11 is 0. The molecule has 1 saturated heterocycles. The van der Waals surface area contributed by atoms with Gasteiger partial charge in [-0.25, -0.2) is 0 Å². The van der Waals surface area contributed by atoms with Gasteiger partial charge in [-0.1, -0.05) is 0 Å². The molecule has 6 nitrogen and oxygen atoms in total. The van der Waals surface area contributed by atoms with Crippen molar-refractivity contribution in [3.05, 3.63) is 11.3 Å². The largest absolute Gasteiger partial charge is 0.382 e. The summed E-state index contributed by atoms with van der Waals surface area (Å²) in [7, 11) is 0. The summed E-state index contributed by atoms with van der Waals surface area (Å²) in [6.45, 7) is 5.37. The highest BCUT2D eigenvalue weighted by atomic mass is 16.2. The number of hydrogen-bond donors (Lipinski definition) is 2. The number of carbonyl (C=O) groups excluding carboxylic acids is 1. The van der Waals surface area contributed by atoms with E-state index in [0.29, 0.717) is 11.4 Å². The van der Waals surface area contributed by atoms with Gasteiger partial charge >= 0.3 is 0 Å². The summed E-state index contributed by atoms with van der Waals surface area (Å²) in [5.74, 6) is 0.316. The summed E-state index contributed by atoms with van der Waals surface area (Å²) in [6, 6.07) is 0.781. The van der Waals surface area contributed by atoms with Crippen LogP contribution in [0.1, 0.15) is 28.9 Å². The molecule has 1 aliphatic carbocycles. The number of H-pyrrole nitrogens is 1. The number of nitrogens with two attached hydrogens (primary N) is 1. The Morgan fingerprint density at radius 2 is 2.00 bits per heavy atom. The predicted octanol–water partition coefficient (Wildman–Crippen LogP) is 0.221. The second-order valence-corrected chi connectivity index (χ2v) is 5.17. The molecule has 2 fully saturated rings. The molecule has 3 N–H and O–H groups in total. The lowest BCUT2D eigenvalue weighted by atomic mass is 10.2. The van der Waals surface area contributed by atoms with Crippen LogP contribution in [0.4, 0.5) is 5.82 Å². The predicted molar refractivity (Wildman–Crippen MR) is 68.2 cm³/mol. The maximum Gasteiger partial charge on any atom is 0.259 e. The second kappa shape index (κ2) is 4.28. The van der Waals surface area contributed by atoms with E-state index in [-0.39, 0.29) is 5.91 Å². The van der Waals surface area contributed by atoms with E-state index in [0.717, 1.165) is 37.9 Å².